The maximum absolute atomic E-state index is 12.7. The molecule has 0 aliphatic carbocycles. The Hall–Kier alpha value is -2.22. The first-order valence-electron chi connectivity index (χ1n) is 9.20. The summed E-state index contributed by atoms with van der Waals surface area (Å²) in [6.45, 7) is 5.78. The molecule has 0 saturated carbocycles. The molecule has 3 rings (SSSR count). The Morgan fingerprint density at radius 1 is 1.10 bits per heavy atom. The van der Waals surface area contributed by atoms with Crippen LogP contribution in [0.25, 0.3) is 6.08 Å². The fourth-order valence-corrected chi connectivity index (χ4v) is 4.10. The number of imide groups is 1. The number of hydrogen-bond donors (Lipinski definition) is 0. The molecule has 2 aromatic rings. The smallest absolute Gasteiger partial charge is 0.293 e. The van der Waals surface area contributed by atoms with Crippen molar-refractivity contribution in [1.29, 1.82) is 0 Å². The van der Waals surface area contributed by atoms with E-state index in [1.807, 2.05) is 19.9 Å². The van der Waals surface area contributed by atoms with Gasteiger partial charge in [0.1, 0.15) is 12.4 Å². The fraction of sp³-hybridized carbons (Fsp3) is 0.333. The first-order valence-corrected chi connectivity index (χ1v) is 10.4. The third-order valence-electron chi connectivity index (χ3n) is 4.69. The molecule has 0 radical (unpaired) electrons. The van der Waals surface area contributed by atoms with E-state index < -0.39 is 0 Å². The molecule has 2 amide bonds. The zero-order valence-corrected chi connectivity index (χ0v) is 18.2. The quantitative estimate of drug-likeness (QED) is 0.571. The number of amides is 2. The second kappa shape index (κ2) is 9.52. The van der Waals surface area contributed by atoms with Crippen molar-refractivity contribution in [3.8, 4) is 5.75 Å². The number of thioether (sulfide) groups is 1. The molecule has 29 heavy (non-hydrogen) atoms. The standard InChI is InChI=1S/C21H23ClN2O4S/c1-14-12-16(15(2)23(14)8-10-27-3)13-19-20(25)24(21(26)29-19)9-11-28-18-6-4-17(22)5-7-18/h4-7,12-13H,8-11H2,1-3H3/b19-13-. The maximum Gasteiger partial charge on any atom is 0.293 e. The second-order valence-corrected chi connectivity index (χ2v) is 8.04. The number of benzene rings is 1. The third-order valence-corrected chi connectivity index (χ3v) is 5.85. The van der Waals surface area contributed by atoms with Gasteiger partial charge in [-0.3, -0.25) is 14.5 Å². The second-order valence-electron chi connectivity index (χ2n) is 6.61. The molecule has 0 N–H and O–H groups in total. The Kier molecular flexibility index (Phi) is 7.05. The van der Waals surface area contributed by atoms with E-state index in [1.54, 1.807) is 37.5 Å². The molecule has 1 aliphatic rings. The predicted molar refractivity (Wildman–Crippen MR) is 115 cm³/mol. The van der Waals surface area contributed by atoms with Crippen molar-refractivity contribution in [2.24, 2.45) is 0 Å². The van der Waals surface area contributed by atoms with Gasteiger partial charge in [-0.1, -0.05) is 11.6 Å². The van der Waals surface area contributed by atoms with Crippen LogP contribution in [0.2, 0.25) is 5.02 Å². The van der Waals surface area contributed by atoms with Gasteiger partial charge in [-0.05, 0) is 67.6 Å². The number of hydrogen-bond acceptors (Lipinski definition) is 5. The van der Waals surface area contributed by atoms with Crippen LogP contribution in [0.15, 0.2) is 35.2 Å². The van der Waals surface area contributed by atoms with E-state index in [2.05, 4.69) is 4.57 Å². The molecule has 1 saturated heterocycles. The number of aryl methyl sites for hydroxylation is 1. The molecule has 0 unspecified atom stereocenters. The summed E-state index contributed by atoms with van der Waals surface area (Å²) in [5.41, 5.74) is 3.06. The van der Waals surface area contributed by atoms with Crippen molar-refractivity contribution in [2.75, 3.05) is 26.9 Å². The lowest BCUT2D eigenvalue weighted by atomic mass is 10.2. The molecular weight excluding hydrogens is 412 g/mol. The largest absolute Gasteiger partial charge is 0.492 e. The van der Waals surface area contributed by atoms with E-state index in [1.165, 1.54) is 4.90 Å². The van der Waals surface area contributed by atoms with Crippen LogP contribution in [0.3, 0.4) is 0 Å². The Labute approximate surface area is 179 Å². The highest BCUT2D eigenvalue weighted by Crippen LogP contribution is 2.33. The number of carbonyl (C=O) groups is 2. The van der Waals surface area contributed by atoms with Crippen LogP contribution in [0.5, 0.6) is 5.75 Å². The van der Waals surface area contributed by atoms with E-state index in [0.29, 0.717) is 22.3 Å². The molecule has 1 aliphatic heterocycles. The van der Waals surface area contributed by atoms with Gasteiger partial charge >= 0.3 is 0 Å². The number of aromatic nitrogens is 1. The summed E-state index contributed by atoms with van der Waals surface area (Å²) in [7, 11) is 1.67. The van der Waals surface area contributed by atoms with Crippen LogP contribution in [0.1, 0.15) is 17.0 Å². The normalized spacial score (nSPS) is 15.6. The first kappa shape index (κ1) is 21.5. The van der Waals surface area contributed by atoms with Crippen molar-refractivity contribution in [3.05, 3.63) is 57.2 Å². The first-order chi connectivity index (χ1) is 13.9. The van der Waals surface area contributed by atoms with Crippen molar-refractivity contribution in [2.45, 2.75) is 20.4 Å². The molecular formula is C21H23ClN2O4S. The minimum absolute atomic E-state index is 0.192. The number of carbonyl (C=O) groups excluding carboxylic acids is 2. The molecule has 0 atom stereocenters. The van der Waals surface area contributed by atoms with Gasteiger partial charge in [0.15, 0.2) is 0 Å². The van der Waals surface area contributed by atoms with Crippen LogP contribution >= 0.6 is 23.4 Å². The minimum atomic E-state index is -0.290. The van der Waals surface area contributed by atoms with Gasteiger partial charge in [0.25, 0.3) is 11.1 Å². The van der Waals surface area contributed by atoms with E-state index in [9.17, 15) is 9.59 Å². The zero-order chi connectivity index (χ0) is 21.0. The molecule has 1 aromatic carbocycles. The molecule has 0 spiro atoms. The van der Waals surface area contributed by atoms with Crippen LogP contribution < -0.4 is 4.74 Å². The predicted octanol–water partition coefficient (Wildman–Crippen LogP) is 4.52. The van der Waals surface area contributed by atoms with Crippen LogP contribution in [0.4, 0.5) is 4.79 Å². The summed E-state index contributed by atoms with van der Waals surface area (Å²) in [5.74, 6) is 0.349. The molecule has 6 nitrogen and oxygen atoms in total. The lowest BCUT2D eigenvalue weighted by molar-refractivity contribution is -0.123. The van der Waals surface area contributed by atoms with Gasteiger partial charge in [0.05, 0.1) is 18.1 Å². The van der Waals surface area contributed by atoms with Crippen LogP contribution in [0, 0.1) is 13.8 Å². The highest BCUT2D eigenvalue weighted by atomic mass is 35.5. The van der Waals surface area contributed by atoms with Gasteiger partial charge in [0, 0.05) is 30.1 Å². The monoisotopic (exact) mass is 434 g/mol. The Morgan fingerprint density at radius 3 is 2.52 bits per heavy atom. The van der Waals surface area contributed by atoms with Crippen molar-refractivity contribution in [1.82, 2.24) is 9.47 Å². The highest BCUT2D eigenvalue weighted by Gasteiger charge is 2.35. The van der Waals surface area contributed by atoms with E-state index in [4.69, 9.17) is 21.1 Å². The van der Waals surface area contributed by atoms with E-state index in [-0.39, 0.29) is 24.3 Å². The summed E-state index contributed by atoms with van der Waals surface area (Å²) >= 11 is 6.81. The van der Waals surface area contributed by atoms with Crippen LogP contribution in [-0.4, -0.2) is 47.5 Å². The lowest BCUT2D eigenvalue weighted by Crippen LogP contribution is -2.32. The van der Waals surface area contributed by atoms with E-state index >= 15 is 0 Å². The topological polar surface area (TPSA) is 60.8 Å². The molecule has 0 bridgehead atoms. The van der Waals surface area contributed by atoms with Crippen molar-refractivity contribution in [3.63, 3.8) is 0 Å². The lowest BCUT2D eigenvalue weighted by Gasteiger charge is -2.13. The molecule has 8 heteroatoms. The number of nitrogens with zero attached hydrogens (tertiary/aromatic N) is 2. The average molecular weight is 435 g/mol. The summed E-state index contributed by atoms with van der Waals surface area (Å²) in [6, 6.07) is 8.96. The average Bonchev–Trinajstić information content (AvgIpc) is 3.11. The minimum Gasteiger partial charge on any atom is -0.492 e. The zero-order valence-electron chi connectivity index (χ0n) is 16.6. The van der Waals surface area contributed by atoms with Gasteiger partial charge in [-0.2, -0.15) is 0 Å². The van der Waals surface area contributed by atoms with Gasteiger partial charge in [-0.15, -0.1) is 0 Å². The Bertz CT molecular complexity index is 937. The van der Waals surface area contributed by atoms with Gasteiger partial charge in [0.2, 0.25) is 0 Å². The maximum atomic E-state index is 12.7. The summed E-state index contributed by atoms with van der Waals surface area (Å²) in [5, 5.41) is 0.337. The summed E-state index contributed by atoms with van der Waals surface area (Å²) in [4.78, 5) is 26.6. The molecule has 1 fully saturated rings. The number of rotatable bonds is 8. The number of halogens is 1. The molecule has 1 aromatic heterocycles. The highest BCUT2D eigenvalue weighted by molar-refractivity contribution is 8.18. The summed E-state index contributed by atoms with van der Waals surface area (Å²) < 4.78 is 12.9. The SMILES string of the molecule is COCCn1c(C)cc(/C=C2\SC(=O)N(CCOc3ccc(Cl)cc3)C2=O)c1C. The van der Waals surface area contributed by atoms with E-state index in [0.717, 1.165) is 35.3 Å². The fourth-order valence-electron chi connectivity index (χ4n) is 3.12. The summed E-state index contributed by atoms with van der Waals surface area (Å²) in [6.07, 6.45) is 1.79. The molecule has 2 heterocycles. The third kappa shape index (κ3) is 5.04. The Morgan fingerprint density at radius 2 is 1.83 bits per heavy atom. The van der Waals surface area contributed by atoms with Gasteiger partial charge < -0.3 is 14.0 Å². The number of methoxy groups -OCH3 is 1. The van der Waals surface area contributed by atoms with Gasteiger partial charge in [-0.25, -0.2) is 0 Å². The van der Waals surface area contributed by atoms with Crippen molar-refractivity contribution < 1.29 is 19.1 Å². The Balaban J connectivity index is 1.66. The molecule has 154 valence electrons. The van der Waals surface area contributed by atoms with Crippen LogP contribution in [-0.2, 0) is 16.1 Å². The number of ether oxygens (including phenoxy) is 2. The van der Waals surface area contributed by atoms with Crippen molar-refractivity contribution >= 4 is 40.6 Å².